The SMILES string of the molecule is C=Cc1c(C)c2cc3[nH]c(cc4nc(cc5nc(cc1[nH]2)C(C)=C5CCC(=O)Nc1ccc(S(=O)(=O)Nc2nccc(C)n2)cc1)C(CCC(=O)Nc1ccc(S(=O)(=O)Nc2nccc(C)n2)cc1)=C4C)c(C)c3C=C. The van der Waals surface area contributed by atoms with Crippen molar-refractivity contribution in [2.45, 2.75) is 77.0 Å². The molecule has 7 heterocycles. The predicted octanol–water partition coefficient (Wildman–Crippen LogP) is 10.7. The van der Waals surface area contributed by atoms with E-state index in [2.05, 4.69) is 69.2 Å². The van der Waals surface area contributed by atoms with Crippen molar-refractivity contribution >= 4 is 112 Å². The van der Waals surface area contributed by atoms with Gasteiger partial charge in [-0.2, -0.15) is 0 Å². The summed E-state index contributed by atoms with van der Waals surface area (Å²) in [6.07, 6.45) is 7.25. The first-order valence-electron chi connectivity index (χ1n) is 24.1. The van der Waals surface area contributed by atoms with Gasteiger partial charge in [-0.1, -0.05) is 25.3 Å². The Kier molecular flexibility index (Phi) is 14.5. The zero-order valence-electron chi connectivity index (χ0n) is 42.6. The number of sulfonamides is 2. The van der Waals surface area contributed by atoms with Gasteiger partial charge in [-0.25, -0.2) is 56.2 Å². The zero-order valence-corrected chi connectivity index (χ0v) is 44.2. The van der Waals surface area contributed by atoms with E-state index in [4.69, 9.17) is 9.97 Å². The van der Waals surface area contributed by atoms with Crippen LogP contribution in [0.25, 0.3) is 56.5 Å². The van der Waals surface area contributed by atoms with Crippen LogP contribution in [0.3, 0.4) is 0 Å². The molecule has 7 aromatic rings. The number of anilines is 4. The van der Waals surface area contributed by atoms with Crippen molar-refractivity contribution < 1.29 is 26.4 Å². The maximum Gasteiger partial charge on any atom is 0.264 e. The molecule has 2 aliphatic heterocycles. The summed E-state index contributed by atoms with van der Waals surface area (Å²) in [6, 6.07) is 22.9. The standard InChI is InChI=1S/C56H54N12O6S2/c1-9-41-33(5)45-27-46-35(7)43(19-21-53(69)61-37-11-15-39(16-12-37)75(71,72)67-55-57-25-23-31(3)59-55)51(65-46)30-52-44(36(8)48(66-52)29-50-42(10-2)34(6)47(64-50)28-49(41)63-45)20-22-54(70)62-38-13-17-40(18-14-38)76(73,74)68-56-58-26-24-32(4)60-56/h9-18,23-30,63-64H,1-2,19-22H2,3-8H3,(H,61,69)(H,62,70)(H,57,59,67)(H,58,60,68). The Labute approximate surface area is 439 Å². The highest BCUT2D eigenvalue weighted by molar-refractivity contribution is 7.93. The van der Waals surface area contributed by atoms with Gasteiger partial charge in [0.1, 0.15) is 0 Å². The molecule has 76 heavy (non-hydrogen) atoms. The molecule has 0 unspecified atom stereocenters. The van der Waals surface area contributed by atoms with Crippen molar-refractivity contribution in [3.63, 3.8) is 0 Å². The molecule has 5 aromatic heterocycles. The van der Waals surface area contributed by atoms with Gasteiger partial charge in [0.05, 0.1) is 32.6 Å². The fourth-order valence-corrected chi connectivity index (χ4v) is 10.9. The predicted molar refractivity (Wildman–Crippen MR) is 299 cm³/mol. The van der Waals surface area contributed by atoms with Gasteiger partial charge in [-0.3, -0.25) is 9.59 Å². The van der Waals surface area contributed by atoms with E-state index in [1.807, 2.05) is 58.0 Å². The molecule has 2 aromatic carbocycles. The van der Waals surface area contributed by atoms with E-state index in [0.717, 1.165) is 66.6 Å². The van der Waals surface area contributed by atoms with Gasteiger partial charge < -0.3 is 20.6 Å². The first kappa shape index (κ1) is 52.0. The molecule has 0 aliphatic carbocycles. The van der Waals surface area contributed by atoms with Crippen LogP contribution in [0, 0.1) is 27.7 Å². The molecule has 0 radical (unpaired) electrons. The number of rotatable bonds is 16. The van der Waals surface area contributed by atoms with Gasteiger partial charge >= 0.3 is 0 Å². The van der Waals surface area contributed by atoms with Crippen molar-refractivity contribution in [3.8, 4) is 0 Å². The summed E-state index contributed by atoms with van der Waals surface area (Å²) < 4.78 is 57.1. The fourth-order valence-electron chi connectivity index (χ4n) is 9.02. The van der Waals surface area contributed by atoms with Crippen LogP contribution in [0.15, 0.2) is 120 Å². The second-order valence-electron chi connectivity index (χ2n) is 18.3. The van der Waals surface area contributed by atoms with Crippen LogP contribution in [-0.2, 0) is 29.6 Å². The van der Waals surface area contributed by atoms with Gasteiger partial charge in [0.2, 0.25) is 23.7 Å². The molecule has 9 rings (SSSR count). The van der Waals surface area contributed by atoms with Gasteiger partial charge in [0, 0.05) is 81.2 Å². The zero-order chi connectivity index (χ0) is 54.1. The molecule has 386 valence electrons. The number of carbonyl (C=O) groups is 2. The lowest BCUT2D eigenvalue weighted by molar-refractivity contribution is -0.116. The number of carbonyl (C=O) groups excluding carboxylic acids is 2. The Hall–Kier alpha value is -8.88. The molecule has 0 atom stereocenters. The number of nitrogens with zero attached hydrogens (tertiary/aromatic N) is 6. The van der Waals surface area contributed by atoms with Gasteiger partial charge in [0.15, 0.2) is 0 Å². The summed E-state index contributed by atoms with van der Waals surface area (Å²) in [7, 11) is -8.01. The minimum atomic E-state index is -4.00. The number of H-pyrrole nitrogens is 2. The number of hydrogen-bond acceptors (Lipinski definition) is 12. The summed E-state index contributed by atoms with van der Waals surface area (Å²) in [5.74, 6) is -0.709. The Bertz CT molecular complexity index is 4010. The number of aromatic nitrogens is 8. The number of hydrogen-bond donors (Lipinski definition) is 6. The highest BCUT2D eigenvalue weighted by Gasteiger charge is 2.24. The van der Waals surface area contributed by atoms with Crippen LogP contribution in [0.1, 0.15) is 95.9 Å². The lowest BCUT2D eigenvalue weighted by Crippen LogP contribution is -2.15. The normalized spacial score (nSPS) is 12.6. The maximum absolute atomic E-state index is 13.7. The number of fused-ring (bicyclic) bond motifs is 8. The van der Waals surface area contributed by atoms with Crippen molar-refractivity contribution in [2.24, 2.45) is 0 Å². The topological polar surface area (TPSA) is 259 Å². The molecule has 0 spiro atoms. The number of allylic oxidation sites excluding steroid dienone is 4. The number of benzene rings is 2. The third kappa shape index (κ3) is 11.1. The Morgan fingerprint density at radius 1 is 0.513 bits per heavy atom. The molecule has 6 N–H and O–H groups in total. The van der Waals surface area contributed by atoms with E-state index in [0.29, 0.717) is 45.5 Å². The minimum Gasteiger partial charge on any atom is -0.355 e. The largest absolute Gasteiger partial charge is 0.355 e. The van der Waals surface area contributed by atoms with Crippen LogP contribution >= 0.6 is 0 Å². The molecule has 2 aliphatic rings. The average Bonchev–Trinajstić information content (AvgIpc) is 4.05. The second kappa shape index (κ2) is 21.2. The monoisotopic (exact) mass is 1050 g/mol. The second-order valence-corrected chi connectivity index (χ2v) is 21.7. The van der Waals surface area contributed by atoms with Crippen LogP contribution in [0.4, 0.5) is 23.3 Å². The van der Waals surface area contributed by atoms with Crippen LogP contribution in [0.2, 0.25) is 0 Å². The molecule has 8 bridgehead atoms. The van der Waals surface area contributed by atoms with Crippen LogP contribution in [-0.4, -0.2) is 68.5 Å². The van der Waals surface area contributed by atoms with E-state index in [-0.39, 0.29) is 59.2 Å². The Morgan fingerprint density at radius 3 is 1.32 bits per heavy atom. The van der Waals surface area contributed by atoms with E-state index < -0.39 is 20.0 Å². The highest BCUT2D eigenvalue weighted by atomic mass is 32.2. The van der Waals surface area contributed by atoms with Crippen molar-refractivity contribution in [3.05, 3.63) is 167 Å². The molecule has 0 fully saturated rings. The lowest BCUT2D eigenvalue weighted by Gasteiger charge is -2.10. The maximum atomic E-state index is 13.7. The molecular weight excluding hydrogens is 1000 g/mol. The first-order valence-corrected chi connectivity index (χ1v) is 27.1. The summed E-state index contributed by atoms with van der Waals surface area (Å²) in [4.78, 5) is 61.1. The van der Waals surface area contributed by atoms with Gasteiger partial charge in [-0.05, 0) is 173 Å². The number of nitrogens with one attached hydrogen (secondary N) is 6. The summed E-state index contributed by atoms with van der Waals surface area (Å²) in [6.45, 7) is 19.7. The molecular formula is C56H54N12O6S2. The lowest BCUT2D eigenvalue weighted by atomic mass is 9.98. The third-order valence-electron chi connectivity index (χ3n) is 13.2. The quantitative estimate of drug-likeness (QED) is 0.0528. The minimum absolute atomic E-state index is 0.0304. The van der Waals surface area contributed by atoms with E-state index in [1.54, 1.807) is 26.0 Å². The van der Waals surface area contributed by atoms with Crippen molar-refractivity contribution in [1.29, 1.82) is 0 Å². The van der Waals surface area contributed by atoms with E-state index in [9.17, 15) is 26.4 Å². The van der Waals surface area contributed by atoms with Crippen LogP contribution in [0.5, 0.6) is 0 Å². The summed E-state index contributed by atoms with van der Waals surface area (Å²) in [5.41, 5.74) is 15.1. The summed E-state index contributed by atoms with van der Waals surface area (Å²) in [5, 5.41) is 5.79. The summed E-state index contributed by atoms with van der Waals surface area (Å²) >= 11 is 0. The van der Waals surface area contributed by atoms with Gasteiger partial charge in [-0.15, -0.1) is 0 Å². The van der Waals surface area contributed by atoms with Gasteiger partial charge in [0.25, 0.3) is 20.0 Å². The highest BCUT2D eigenvalue weighted by Crippen LogP contribution is 2.38. The smallest absolute Gasteiger partial charge is 0.264 e. The Balaban J connectivity index is 1.02. The van der Waals surface area contributed by atoms with Crippen LogP contribution < -0.4 is 20.1 Å². The Morgan fingerprint density at radius 2 is 0.908 bits per heavy atom. The number of aromatic amines is 2. The molecule has 0 saturated carbocycles. The molecule has 2 amide bonds. The van der Waals surface area contributed by atoms with E-state index >= 15 is 0 Å². The van der Waals surface area contributed by atoms with E-state index in [1.165, 1.54) is 60.9 Å². The molecule has 18 nitrogen and oxygen atoms in total. The number of amides is 2. The fraction of sp³-hybridized carbons (Fsp3) is 0.179. The molecule has 20 heteroatoms. The van der Waals surface area contributed by atoms with Crippen molar-refractivity contribution in [1.82, 2.24) is 39.9 Å². The first-order chi connectivity index (χ1) is 36.3. The third-order valence-corrected chi connectivity index (χ3v) is 15.9. The van der Waals surface area contributed by atoms with Crippen molar-refractivity contribution in [2.75, 3.05) is 20.1 Å². The number of aryl methyl sites for hydroxylation is 4. The average molecular weight is 1060 g/mol. The molecule has 0 saturated heterocycles.